The van der Waals surface area contributed by atoms with Gasteiger partial charge < -0.3 is 5.73 Å². The van der Waals surface area contributed by atoms with Gasteiger partial charge in [0.2, 0.25) is 0 Å². The van der Waals surface area contributed by atoms with Gasteiger partial charge in [-0.15, -0.1) is 0 Å². The second kappa shape index (κ2) is 5.97. The predicted octanol–water partition coefficient (Wildman–Crippen LogP) is 2.44. The predicted molar refractivity (Wildman–Crippen MR) is 79.1 cm³/mol. The van der Waals surface area contributed by atoms with E-state index in [4.69, 9.17) is 17.3 Å². The van der Waals surface area contributed by atoms with Crippen molar-refractivity contribution in [1.82, 2.24) is 4.98 Å². The number of benzene rings is 1. The van der Waals surface area contributed by atoms with Crippen LogP contribution in [-0.2, 0) is 16.6 Å². The molecule has 1 aromatic carbocycles. The molecule has 0 spiro atoms. The monoisotopic (exact) mass is 329 g/mol. The molecule has 0 amide bonds. The lowest BCUT2D eigenvalue weighted by Crippen LogP contribution is -2.16. The molecule has 0 atom stereocenters. The zero-order chi connectivity index (χ0) is 15.6. The Kier molecular flexibility index (Phi) is 4.46. The molecule has 112 valence electrons. The summed E-state index contributed by atoms with van der Waals surface area (Å²) >= 11 is 5.91. The van der Waals surface area contributed by atoms with Crippen molar-refractivity contribution in [3.8, 4) is 0 Å². The van der Waals surface area contributed by atoms with Gasteiger partial charge in [0.15, 0.2) is 5.82 Å². The average molecular weight is 330 g/mol. The van der Waals surface area contributed by atoms with Crippen LogP contribution in [0.3, 0.4) is 0 Å². The summed E-state index contributed by atoms with van der Waals surface area (Å²) in [5.74, 6) is -0.764. The van der Waals surface area contributed by atoms with E-state index in [0.29, 0.717) is 11.1 Å². The van der Waals surface area contributed by atoms with Crippen LogP contribution >= 0.6 is 11.6 Å². The van der Waals surface area contributed by atoms with Gasteiger partial charge in [-0.2, -0.15) is 0 Å². The fraction of sp³-hybridized carbons (Fsp3) is 0.154. The Labute approximate surface area is 127 Å². The molecule has 0 aliphatic heterocycles. The third-order valence-electron chi connectivity index (χ3n) is 2.96. The maximum absolute atomic E-state index is 13.5. The van der Waals surface area contributed by atoms with Crippen molar-refractivity contribution in [2.24, 2.45) is 5.73 Å². The van der Waals surface area contributed by atoms with E-state index in [-0.39, 0.29) is 22.2 Å². The molecule has 1 heterocycles. The van der Waals surface area contributed by atoms with E-state index < -0.39 is 15.8 Å². The van der Waals surface area contributed by atoms with Gasteiger partial charge in [-0.3, -0.25) is 9.71 Å². The summed E-state index contributed by atoms with van der Waals surface area (Å²) in [7, 11) is -3.98. The molecule has 2 aromatic rings. The first kappa shape index (κ1) is 15.7. The van der Waals surface area contributed by atoms with Gasteiger partial charge in [0.1, 0.15) is 0 Å². The molecule has 0 aliphatic carbocycles. The summed E-state index contributed by atoms with van der Waals surface area (Å²) < 4.78 is 40.5. The maximum atomic E-state index is 13.5. The molecule has 5 nitrogen and oxygen atoms in total. The second-order valence-corrected chi connectivity index (χ2v) is 6.44. The van der Waals surface area contributed by atoms with Crippen LogP contribution in [0.25, 0.3) is 0 Å². The molecule has 0 fully saturated rings. The van der Waals surface area contributed by atoms with Gasteiger partial charge in [0.05, 0.1) is 16.8 Å². The number of hydrogen-bond acceptors (Lipinski definition) is 4. The van der Waals surface area contributed by atoms with Crippen molar-refractivity contribution in [1.29, 1.82) is 0 Å². The highest BCUT2D eigenvalue weighted by molar-refractivity contribution is 7.92. The number of nitrogens with one attached hydrogen (secondary N) is 1. The lowest BCUT2D eigenvalue weighted by atomic mass is 10.1. The molecule has 1 aromatic heterocycles. The SMILES string of the molecule is Cc1c(CN)cc(Cl)cc1S(=O)(=O)Nc1ccncc1F. The summed E-state index contributed by atoms with van der Waals surface area (Å²) in [4.78, 5) is 3.52. The molecule has 3 N–H and O–H groups in total. The van der Waals surface area contributed by atoms with Gasteiger partial charge in [-0.1, -0.05) is 11.6 Å². The highest BCUT2D eigenvalue weighted by atomic mass is 35.5. The molecule has 0 bridgehead atoms. The van der Waals surface area contributed by atoms with Crippen LogP contribution < -0.4 is 10.5 Å². The molecule has 0 saturated carbocycles. The third kappa shape index (κ3) is 3.31. The highest BCUT2D eigenvalue weighted by Gasteiger charge is 2.21. The van der Waals surface area contributed by atoms with Gasteiger partial charge in [-0.05, 0) is 36.2 Å². The maximum Gasteiger partial charge on any atom is 0.262 e. The first-order chi connectivity index (χ1) is 9.85. The Morgan fingerprint density at radius 3 is 2.76 bits per heavy atom. The Morgan fingerprint density at radius 2 is 2.14 bits per heavy atom. The first-order valence-corrected chi connectivity index (χ1v) is 7.82. The zero-order valence-electron chi connectivity index (χ0n) is 11.1. The number of nitrogens with two attached hydrogens (primary N) is 1. The number of halogens is 2. The van der Waals surface area contributed by atoms with Gasteiger partial charge >= 0.3 is 0 Å². The van der Waals surface area contributed by atoms with E-state index in [1.54, 1.807) is 13.0 Å². The largest absolute Gasteiger partial charge is 0.326 e. The molecule has 0 radical (unpaired) electrons. The minimum absolute atomic E-state index is 0.0355. The standard InChI is InChI=1S/C13H13ClFN3O2S/c1-8-9(6-16)4-10(14)5-13(8)21(19,20)18-12-2-3-17-7-11(12)15/h2-5,7H,6,16H2,1H3,(H,17,18). The lowest BCUT2D eigenvalue weighted by Gasteiger charge is -2.13. The van der Waals surface area contributed by atoms with Crippen molar-refractivity contribution >= 4 is 27.3 Å². The van der Waals surface area contributed by atoms with E-state index in [1.807, 2.05) is 0 Å². The number of rotatable bonds is 4. The van der Waals surface area contributed by atoms with E-state index in [9.17, 15) is 12.8 Å². The fourth-order valence-corrected chi connectivity index (χ4v) is 3.54. The Hall–Kier alpha value is -1.70. The number of aromatic nitrogens is 1. The van der Waals surface area contributed by atoms with Crippen LogP contribution in [0, 0.1) is 12.7 Å². The molecular formula is C13H13ClFN3O2S. The Morgan fingerprint density at radius 1 is 1.43 bits per heavy atom. The first-order valence-electron chi connectivity index (χ1n) is 5.96. The minimum Gasteiger partial charge on any atom is -0.326 e. The number of anilines is 1. The van der Waals surface area contributed by atoms with Crippen LogP contribution in [0.5, 0.6) is 0 Å². The van der Waals surface area contributed by atoms with Crippen molar-refractivity contribution in [2.45, 2.75) is 18.4 Å². The summed E-state index contributed by atoms with van der Waals surface area (Å²) in [5, 5.41) is 0.247. The lowest BCUT2D eigenvalue weighted by molar-refractivity contribution is 0.597. The molecule has 2 rings (SSSR count). The fourth-order valence-electron chi connectivity index (χ4n) is 1.86. The number of hydrogen-bond donors (Lipinski definition) is 2. The smallest absolute Gasteiger partial charge is 0.262 e. The van der Waals surface area contributed by atoms with E-state index in [2.05, 4.69) is 9.71 Å². The molecule has 0 aliphatic rings. The quantitative estimate of drug-likeness (QED) is 0.902. The summed E-state index contributed by atoms with van der Waals surface area (Å²) in [5.41, 5.74) is 6.47. The molecular weight excluding hydrogens is 317 g/mol. The minimum atomic E-state index is -3.98. The van der Waals surface area contributed by atoms with Crippen LogP contribution in [0.4, 0.5) is 10.1 Å². The van der Waals surface area contributed by atoms with Gasteiger partial charge in [0.25, 0.3) is 10.0 Å². The van der Waals surface area contributed by atoms with Crippen LogP contribution in [0.2, 0.25) is 5.02 Å². The van der Waals surface area contributed by atoms with Crippen molar-refractivity contribution in [2.75, 3.05) is 4.72 Å². The molecule has 0 unspecified atom stereocenters. The average Bonchev–Trinajstić information content (AvgIpc) is 2.43. The number of sulfonamides is 1. The number of pyridine rings is 1. The topological polar surface area (TPSA) is 85.1 Å². The van der Waals surface area contributed by atoms with E-state index in [1.165, 1.54) is 18.3 Å². The van der Waals surface area contributed by atoms with Crippen LogP contribution in [0.15, 0.2) is 35.5 Å². The van der Waals surface area contributed by atoms with Crippen molar-refractivity contribution in [3.05, 3.63) is 52.6 Å². The second-order valence-electron chi connectivity index (χ2n) is 4.35. The molecule has 21 heavy (non-hydrogen) atoms. The number of nitrogens with zero attached hydrogens (tertiary/aromatic N) is 1. The Balaban J connectivity index is 2.50. The van der Waals surface area contributed by atoms with Crippen LogP contribution in [-0.4, -0.2) is 13.4 Å². The highest BCUT2D eigenvalue weighted by Crippen LogP contribution is 2.26. The summed E-state index contributed by atoms with van der Waals surface area (Å²) in [6, 6.07) is 4.14. The van der Waals surface area contributed by atoms with E-state index >= 15 is 0 Å². The van der Waals surface area contributed by atoms with Crippen LogP contribution in [0.1, 0.15) is 11.1 Å². The summed E-state index contributed by atoms with van der Waals surface area (Å²) in [6.07, 6.45) is 2.21. The third-order valence-corrected chi connectivity index (χ3v) is 4.67. The Bertz CT molecular complexity index is 781. The zero-order valence-corrected chi connectivity index (χ0v) is 12.7. The van der Waals surface area contributed by atoms with Gasteiger partial charge in [-0.25, -0.2) is 12.8 Å². The summed E-state index contributed by atoms with van der Waals surface area (Å²) in [6.45, 7) is 1.77. The van der Waals surface area contributed by atoms with Gasteiger partial charge in [0, 0.05) is 17.8 Å². The molecule has 8 heteroatoms. The molecule has 0 saturated heterocycles. The van der Waals surface area contributed by atoms with Crippen molar-refractivity contribution in [3.63, 3.8) is 0 Å². The van der Waals surface area contributed by atoms with Crippen molar-refractivity contribution < 1.29 is 12.8 Å². The van der Waals surface area contributed by atoms with E-state index in [0.717, 1.165) is 6.20 Å². The normalized spacial score (nSPS) is 11.4.